The molecule has 0 saturated carbocycles. The van der Waals surface area contributed by atoms with Crippen LogP contribution in [0.4, 0.5) is 4.39 Å². The van der Waals surface area contributed by atoms with Crippen LogP contribution in [0.15, 0.2) is 77.9 Å². The zero-order valence-corrected chi connectivity index (χ0v) is 20.3. The van der Waals surface area contributed by atoms with Crippen LogP contribution in [0, 0.1) is 12.7 Å². The maximum absolute atomic E-state index is 13.3. The van der Waals surface area contributed by atoms with Gasteiger partial charge < -0.3 is 14.6 Å². The summed E-state index contributed by atoms with van der Waals surface area (Å²) in [5, 5.41) is 8.11. The number of nitrogens with zero attached hydrogens (tertiary/aromatic N) is 2. The van der Waals surface area contributed by atoms with E-state index >= 15 is 0 Å². The fourth-order valence-electron chi connectivity index (χ4n) is 3.71. The van der Waals surface area contributed by atoms with E-state index in [1.165, 1.54) is 12.1 Å². The highest BCUT2D eigenvalue weighted by molar-refractivity contribution is 6.30. The van der Waals surface area contributed by atoms with Crippen LogP contribution >= 0.6 is 11.6 Å². The Morgan fingerprint density at radius 2 is 1.75 bits per heavy atom. The molecule has 1 heterocycles. The number of hydrogen-bond acceptors (Lipinski definition) is 4. The van der Waals surface area contributed by atoms with Crippen molar-refractivity contribution in [2.45, 2.75) is 13.5 Å². The second-order valence-corrected chi connectivity index (χ2v) is 8.48. The minimum atomic E-state index is -0.473. The normalized spacial score (nSPS) is 11.1. The molecule has 7 nitrogen and oxygen atoms in total. The van der Waals surface area contributed by atoms with Gasteiger partial charge in [0.25, 0.3) is 11.8 Å². The molecule has 9 heteroatoms. The number of nitrogens with one attached hydrogen (secondary N) is 2. The molecule has 0 spiro atoms. The standard InChI is InChI=1S/C27H24ClFN4O3/c1-18-24(23-4-2-3-5-25(23)33(18)16-19-6-10-21(29)11-7-19)14-31-32-26(34)15-30-27(35)17-36-22-12-8-20(28)9-13-22/h2-14H,15-17H2,1H3,(H,30,35)(H,32,34)/b31-14+. The van der Waals surface area contributed by atoms with Crippen LogP contribution in [-0.2, 0) is 16.1 Å². The summed E-state index contributed by atoms with van der Waals surface area (Å²) in [6, 6.07) is 20.9. The summed E-state index contributed by atoms with van der Waals surface area (Å²) in [6.07, 6.45) is 1.59. The SMILES string of the molecule is Cc1c(/C=N/NC(=O)CNC(=O)COc2ccc(Cl)cc2)c2ccccc2n1Cc1ccc(F)cc1. The lowest BCUT2D eigenvalue weighted by atomic mass is 10.1. The summed E-state index contributed by atoms with van der Waals surface area (Å²) in [5.74, 6) is -0.693. The molecule has 0 atom stereocenters. The number of aromatic nitrogens is 1. The monoisotopic (exact) mass is 506 g/mol. The number of hydrazone groups is 1. The fraction of sp³-hybridized carbons (Fsp3) is 0.148. The second-order valence-electron chi connectivity index (χ2n) is 8.04. The van der Waals surface area contributed by atoms with Gasteiger partial charge in [-0.25, -0.2) is 9.82 Å². The van der Waals surface area contributed by atoms with E-state index in [0.717, 1.165) is 27.7 Å². The van der Waals surface area contributed by atoms with Gasteiger partial charge in [0.2, 0.25) is 0 Å². The first-order valence-corrected chi connectivity index (χ1v) is 11.6. The quantitative estimate of drug-likeness (QED) is 0.260. The summed E-state index contributed by atoms with van der Waals surface area (Å²) in [5.41, 5.74) is 6.20. The molecular weight excluding hydrogens is 483 g/mol. The highest BCUT2D eigenvalue weighted by atomic mass is 35.5. The molecule has 1 aromatic heterocycles. The first-order chi connectivity index (χ1) is 17.4. The maximum atomic E-state index is 13.3. The summed E-state index contributed by atoms with van der Waals surface area (Å²) in [6.45, 7) is 2.06. The summed E-state index contributed by atoms with van der Waals surface area (Å²) >= 11 is 5.81. The van der Waals surface area contributed by atoms with Crippen molar-refractivity contribution in [2.75, 3.05) is 13.2 Å². The van der Waals surface area contributed by atoms with Gasteiger partial charge in [0.05, 0.1) is 12.8 Å². The number of benzene rings is 3. The molecule has 0 fully saturated rings. The van der Waals surface area contributed by atoms with E-state index in [-0.39, 0.29) is 19.0 Å². The first kappa shape index (κ1) is 24.9. The van der Waals surface area contributed by atoms with Crippen molar-refractivity contribution in [3.05, 3.63) is 100 Å². The highest BCUT2D eigenvalue weighted by Gasteiger charge is 2.13. The largest absolute Gasteiger partial charge is 0.484 e. The van der Waals surface area contributed by atoms with Crippen LogP contribution in [0.25, 0.3) is 10.9 Å². The van der Waals surface area contributed by atoms with Crippen LogP contribution in [0.2, 0.25) is 5.02 Å². The minimum absolute atomic E-state index is 0.231. The van der Waals surface area contributed by atoms with E-state index in [2.05, 4.69) is 20.4 Å². The Morgan fingerprint density at radius 1 is 1.03 bits per heavy atom. The summed E-state index contributed by atoms with van der Waals surface area (Å²) in [4.78, 5) is 24.1. The molecule has 3 aromatic carbocycles. The number of rotatable bonds is 9. The zero-order chi connectivity index (χ0) is 25.5. The molecule has 2 amide bonds. The number of para-hydroxylation sites is 1. The number of carbonyl (C=O) groups is 2. The molecule has 0 aliphatic carbocycles. The molecular formula is C27H24ClFN4O3. The van der Waals surface area contributed by atoms with Gasteiger partial charge >= 0.3 is 0 Å². The third kappa shape index (κ3) is 6.28. The molecule has 0 aliphatic rings. The zero-order valence-electron chi connectivity index (χ0n) is 19.5. The van der Waals surface area contributed by atoms with Gasteiger partial charge in [-0.05, 0) is 55.0 Å². The van der Waals surface area contributed by atoms with Crippen molar-refractivity contribution >= 4 is 40.5 Å². The highest BCUT2D eigenvalue weighted by Crippen LogP contribution is 2.25. The Labute approximate surface area is 212 Å². The van der Waals surface area contributed by atoms with Crippen molar-refractivity contribution in [3.63, 3.8) is 0 Å². The Morgan fingerprint density at radius 3 is 2.50 bits per heavy atom. The van der Waals surface area contributed by atoms with E-state index in [9.17, 15) is 14.0 Å². The van der Waals surface area contributed by atoms with Gasteiger partial charge in [-0.3, -0.25) is 9.59 Å². The molecule has 36 heavy (non-hydrogen) atoms. The lowest BCUT2D eigenvalue weighted by molar-refractivity contribution is -0.127. The molecule has 4 aromatic rings. The number of carbonyl (C=O) groups excluding carboxylic acids is 2. The number of ether oxygens (including phenoxy) is 1. The van der Waals surface area contributed by atoms with Crippen molar-refractivity contribution in [1.82, 2.24) is 15.3 Å². The average molecular weight is 507 g/mol. The maximum Gasteiger partial charge on any atom is 0.259 e. The molecule has 0 unspecified atom stereocenters. The number of halogens is 2. The van der Waals surface area contributed by atoms with Crippen molar-refractivity contribution in [1.29, 1.82) is 0 Å². The fourth-order valence-corrected chi connectivity index (χ4v) is 3.84. The van der Waals surface area contributed by atoms with E-state index in [0.29, 0.717) is 17.3 Å². The number of hydrogen-bond donors (Lipinski definition) is 2. The van der Waals surface area contributed by atoms with Crippen molar-refractivity contribution in [2.24, 2.45) is 5.10 Å². The number of amides is 2. The smallest absolute Gasteiger partial charge is 0.259 e. The molecule has 184 valence electrons. The molecule has 0 aliphatic heterocycles. The van der Waals surface area contributed by atoms with Crippen LogP contribution in [-0.4, -0.2) is 35.7 Å². The predicted molar refractivity (Wildman–Crippen MR) is 138 cm³/mol. The van der Waals surface area contributed by atoms with Gasteiger partial charge in [-0.1, -0.05) is 41.9 Å². The number of fused-ring (bicyclic) bond motifs is 1. The van der Waals surface area contributed by atoms with E-state index in [1.54, 1.807) is 42.6 Å². The van der Waals surface area contributed by atoms with Crippen LogP contribution in [0.3, 0.4) is 0 Å². The average Bonchev–Trinajstić information content (AvgIpc) is 3.14. The second kappa shape index (κ2) is 11.5. The van der Waals surface area contributed by atoms with E-state index < -0.39 is 11.8 Å². The summed E-state index contributed by atoms with van der Waals surface area (Å²) < 4.78 is 20.8. The summed E-state index contributed by atoms with van der Waals surface area (Å²) in [7, 11) is 0. The van der Waals surface area contributed by atoms with Crippen molar-refractivity contribution in [3.8, 4) is 5.75 Å². The molecule has 0 radical (unpaired) electrons. The third-order valence-corrected chi connectivity index (χ3v) is 5.80. The lowest BCUT2D eigenvalue weighted by Crippen LogP contribution is -2.37. The van der Waals surface area contributed by atoms with Crippen LogP contribution in [0.1, 0.15) is 16.8 Å². The van der Waals surface area contributed by atoms with E-state index in [1.807, 2.05) is 31.2 Å². The molecule has 0 saturated heterocycles. The van der Waals surface area contributed by atoms with Crippen LogP contribution < -0.4 is 15.5 Å². The Bertz CT molecular complexity index is 1400. The third-order valence-electron chi connectivity index (χ3n) is 5.55. The predicted octanol–water partition coefficient (Wildman–Crippen LogP) is 4.44. The minimum Gasteiger partial charge on any atom is -0.484 e. The molecule has 2 N–H and O–H groups in total. The van der Waals surface area contributed by atoms with Gasteiger partial charge in [-0.15, -0.1) is 0 Å². The van der Waals surface area contributed by atoms with Gasteiger partial charge in [0.1, 0.15) is 11.6 Å². The Kier molecular flexibility index (Phi) is 7.97. The van der Waals surface area contributed by atoms with Crippen LogP contribution in [0.5, 0.6) is 5.75 Å². The van der Waals surface area contributed by atoms with Gasteiger partial charge in [-0.2, -0.15) is 5.10 Å². The Hall–Kier alpha value is -4.17. The molecule has 0 bridgehead atoms. The van der Waals surface area contributed by atoms with E-state index in [4.69, 9.17) is 16.3 Å². The topological polar surface area (TPSA) is 84.7 Å². The van der Waals surface area contributed by atoms with Gasteiger partial charge in [0, 0.05) is 33.7 Å². The van der Waals surface area contributed by atoms with Crippen molar-refractivity contribution < 1.29 is 18.7 Å². The lowest BCUT2D eigenvalue weighted by Gasteiger charge is -2.09. The first-order valence-electron chi connectivity index (χ1n) is 11.2. The Balaban J connectivity index is 1.35. The molecule has 4 rings (SSSR count). The van der Waals surface area contributed by atoms with Gasteiger partial charge in [0.15, 0.2) is 6.61 Å².